The molecule has 8 nitrogen and oxygen atoms in total. The van der Waals surface area contributed by atoms with E-state index in [-0.39, 0.29) is 29.3 Å². The van der Waals surface area contributed by atoms with Gasteiger partial charge in [0.05, 0.1) is 13.0 Å². The molecule has 2 N–H and O–H groups in total. The van der Waals surface area contributed by atoms with Gasteiger partial charge in [-0.1, -0.05) is 6.07 Å². The smallest absolute Gasteiger partial charge is 0.253 e. The van der Waals surface area contributed by atoms with Gasteiger partial charge in [0, 0.05) is 25.7 Å². The van der Waals surface area contributed by atoms with E-state index in [1.54, 1.807) is 24.3 Å². The molecular weight excluding hydrogens is 344 g/mol. The van der Waals surface area contributed by atoms with Gasteiger partial charge >= 0.3 is 0 Å². The van der Waals surface area contributed by atoms with Gasteiger partial charge in [-0.15, -0.1) is 0 Å². The van der Waals surface area contributed by atoms with E-state index in [0.717, 1.165) is 0 Å². The molecule has 9 heteroatoms. The van der Waals surface area contributed by atoms with Gasteiger partial charge < -0.3 is 10.1 Å². The summed E-state index contributed by atoms with van der Waals surface area (Å²) >= 11 is 5.13. The Morgan fingerprint density at radius 1 is 1.36 bits per heavy atom. The van der Waals surface area contributed by atoms with E-state index in [1.165, 1.54) is 23.9 Å². The Morgan fingerprint density at radius 3 is 2.72 bits per heavy atom. The molecule has 134 valence electrons. The average Bonchev–Trinajstić information content (AvgIpc) is 2.73. The van der Waals surface area contributed by atoms with Crippen molar-refractivity contribution < 1.29 is 19.1 Å². The number of rotatable bonds is 6. The molecule has 0 spiro atoms. The third-order valence-electron chi connectivity index (χ3n) is 3.51. The standard InChI is InChI=1S/C16H20N4O4S/c1-4-24-12-7-5-6-11(8-12)17-14(22)9-13-15(23)19(3)16(25)20(13)18-10(2)21/h5-8,13H,4,9H2,1-3H3,(H,17,22)(H,18,21). The second-order valence-electron chi connectivity index (χ2n) is 5.45. The summed E-state index contributed by atoms with van der Waals surface area (Å²) in [7, 11) is 1.50. The first-order chi connectivity index (χ1) is 11.8. The summed E-state index contributed by atoms with van der Waals surface area (Å²) in [5.74, 6) is -0.462. The van der Waals surface area contributed by atoms with Gasteiger partial charge in [0.2, 0.25) is 11.8 Å². The van der Waals surface area contributed by atoms with Gasteiger partial charge in [-0.25, -0.2) is 5.01 Å². The van der Waals surface area contributed by atoms with Crippen molar-refractivity contribution in [3.8, 4) is 5.75 Å². The Bertz CT molecular complexity index is 709. The molecule has 1 unspecified atom stereocenters. The fourth-order valence-corrected chi connectivity index (χ4v) is 2.68. The minimum absolute atomic E-state index is 0.149. The van der Waals surface area contributed by atoms with Gasteiger partial charge in [-0.05, 0) is 31.3 Å². The molecule has 0 radical (unpaired) electrons. The third kappa shape index (κ3) is 4.44. The molecular formula is C16H20N4O4S. The first-order valence-electron chi connectivity index (χ1n) is 7.74. The van der Waals surface area contributed by atoms with Crippen LogP contribution in [0.5, 0.6) is 5.75 Å². The van der Waals surface area contributed by atoms with Gasteiger partial charge in [0.25, 0.3) is 5.91 Å². The highest BCUT2D eigenvalue weighted by molar-refractivity contribution is 7.80. The minimum atomic E-state index is -0.878. The molecule has 1 atom stereocenters. The highest BCUT2D eigenvalue weighted by atomic mass is 32.1. The maximum Gasteiger partial charge on any atom is 0.253 e. The van der Waals surface area contributed by atoms with Crippen LogP contribution in [-0.4, -0.2) is 52.4 Å². The number of thiocarbonyl (C=S) groups is 1. The molecule has 0 aliphatic carbocycles. The number of anilines is 1. The van der Waals surface area contributed by atoms with Gasteiger partial charge in [0.1, 0.15) is 11.8 Å². The molecule has 1 saturated heterocycles. The van der Waals surface area contributed by atoms with E-state index in [1.807, 2.05) is 6.92 Å². The summed E-state index contributed by atoms with van der Waals surface area (Å²) in [5, 5.41) is 4.12. The topological polar surface area (TPSA) is 91.0 Å². The zero-order valence-electron chi connectivity index (χ0n) is 14.2. The van der Waals surface area contributed by atoms with Crippen LogP contribution in [0.25, 0.3) is 0 Å². The molecule has 25 heavy (non-hydrogen) atoms. The number of benzene rings is 1. The third-order valence-corrected chi connectivity index (χ3v) is 3.98. The quantitative estimate of drug-likeness (QED) is 0.729. The fourth-order valence-electron chi connectivity index (χ4n) is 2.42. The zero-order chi connectivity index (χ0) is 18.6. The van der Waals surface area contributed by atoms with Crippen LogP contribution < -0.4 is 15.5 Å². The van der Waals surface area contributed by atoms with E-state index < -0.39 is 6.04 Å². The maximum absolute atomic E-state index is 12.3. The van der Waals surface area contributed by atoms with Crippen molar-refractivity contribution >= 4 is 40.7 Å². The summed E-state index contributed by atoms with van der Waals surface area (Å²) in [5.41, 5.74) is 3.05. The van der Waals surface area contributed by atoms with E-state index in [2.05, 4.69) is 10.7 Å². The van der Waals surface area contributed by atoms with Gasteiger partial charge in [-0.3, -0.25) is 24.7 Å². The number of carbonyl (C=O) groups is 3. The lowest BCUT2D eigenvalue weighted by Gasteiger charge is -2.23. The first-order valence-corrected chi connectivity index (χ1v) is 8.15. The number of amides is 3. The lowest BCUT2D eigenvalue weighted by atomic mass is 10.2. The number of nitrogens with zero attached hydrogens (tertiary/aromatic N) is 2. The molecule has 0 saturated carbocycles. The number of carbonyl (C=O) groups excluding carboxylic acids is 3. The maximum atomic E-state index is 12.3. The van der Waals surface area contributed by atoms with E-state index in [4.69, 9.17) is 17.0 Å². The monoisotopic (exact) mass is 364 g/mol. The van der Waals surface area contributed by atoms with E-state index >= 15 is 0 Å². The summed E-state index contributed by atoms with van der Waals surface area (Å²) in [6.07, 6.45) is -0.150. The SMILES string of the molecule is CCOc1cccc(NC(=O)CC2C(=O)N(C)C(=S)N2NC(C)=O)c1. The Kier molecular flexibility index (Phi) is 5.92. The van der Waals surface area contributed by atoms with Crippen molar-refractivity contribution in [2.24, 2.45) is 0 Å². The van der Waals surface area contributed by atoms with Crippen LogP contribution in [-0.2, 0) is 14.4 Å². The summed E-state index contributed by atoms with van der Waals surface area (Å²) in [6.45, 7) is 3.69. The zero-order valence-corrected chi connectivity index (χ0v) is 15.1. The lowest BCUT2D eigenvalue weighted by molar-refractivity contribution is -0.131. The predicted octanol–water partition coefficient (Wildman–Crippen LogP) is 0.892. The number of hydrogen-bond donors (Lipinski definition) is 2. The molecule has 0 bridgehead atoms. The van der Waals surface area contributed by atoms with Crippen LogP contribution in [0, 0.1) is 0 Å². The van der Waals surface area contributed by atoms with E-state index in [9.17, 15) is 14.4 Å². The molecule has 1 aromatic rings. The van der Waals surface area contributed by atoms with Crippen LogP contribution in [0.15, 0.2) is 24.3 Å². The molecule has 1 aromatic carbocycles. The molecule has 1 heterocycles. The minimum Gasteiger partial charge on any atom is -0.494 e. The van der Waals surface area contributed by atoms with Gasteiger partial charge in [-0.2, -0.15) is 0 Å². The molecule has 0 aromatic heterocycles. The number of hydrazine groups is 1. The van der Waals surface area contributed by atoms with Crippen molar-refractivity contribution in [3.63, 3.8) is 0 Å². The van der Waals surface area contributed by atoms with Crippen molar-refractivity contribution in [3.05, 3.63) is 24.3 Å². The largest absolute Gasteiger partial charge is 0.494 e. The summed E-state index contributed by atoms with van der Waals surface area (Å²) < 4.78 is 5.38. The normalized spacial score (nSPS) is 16.8. The summed E-state index contributed by atoms with van der Waals surface area (Å²) in [6, 6.07) is 6.08. The second-order valence-corrected chi connectivity index (χ2v) is 5.81. The summed E-state index contributed by atoms with van der Waals surface area (Å²) in [4.78, 5) is 37.2. The fraction of sp³-hybridized carbons (Fsp3) is 0.375. The van der Waals surface area contributed by atoms with Crippen molar-refractivity contribution in [1.82, 2.24) is 15.3 Å². The Labute approximate surface area is 151 Å². The van der Waals surface area contributed by atoms with Crippen LogP contribution in [0.2, 0.25) is 0 Å². The first kappa shape index (κ1) is 18.7. The van der Waals surface area contributed by atoms with Crippen LogP contribution in [0.1, 0.15) is 20.3 Å². The Hall–Kier alpha value is -2.68. The molecule has 1 aliphatic rings. The average molecular weight is 364 g/mol. The van der Waals surface area contributed by atoms with Crippen molar-refractivity contribution in [1.29, 1.82) is 0 Å². The molecule has 1 aliphatic heterocycles. The van der Waals surface area contributed by atoms with Crippen molar-refractivity contribution in [2.75, 3.05) is 19.0 Å². The Balaban J connectivity index is 2.07. The van der Waals surface area contributed by atoms with Crippen LogP contribution >= 0.6 is 12.2 Å². The van der Waals surface area contributed by atoms with Crippen LogP contribution in [0.3, 0.4) is 0 Å². The Morgan fingerprint density at radius 2 is 2.08 bits per heavy atom. The number of ether oxygens (including phenoxy) is 1. The highest BCUT2D eigenvalue weighted by Crippen LogP contribution is 2.20. The highest BCUT2D eigenvalue weighted by Gasteiger charge is 2.42. The number of nitrogens with one attached hydrogen (secondary N) is 2. The van der Waals surface area contributed by atoms with E-state index in [0.29, 0.717) is 18.0 Å². The van der Waals surface area contributed by atoms with Gasteiger partial charge in [0.15, 0.2) is 5.11 Å². The molecule has 2 rings (SSSR count). The van der Waals surface area contributed by atoms with Crippen LogP contribution in [0.4, 0.5) is 5.69 Å². The molecule has 3 amide bonds. The second kappa shape index (κ2) is 7.93. The number of hydrogen-bond acceptors (Lipinski definition) is 5. The predicted molar refractivity (Wildman–Crippen MR) is 95.7 cm³/mol. The van der Waals surface area contributed by atoms with Crippen molar-refractivity contribution in [2.45, 2.75) is 26.3 Å². The number of likely N-dealkylation sites (N-methyl/N-ethyl adjacent to an activating group) is 1. The molecule has 1 fully saturated rings. The lowest BCUT2D eigenvalue weighted by Crippen LogP contribution is -2.48.